The first-order chi connectivity index (χ1) is 9.48. The molecule has 1 amide bonds. The summed E-state index contributed by atoms with van der Waals surface area (Å²) in [6, 6.07) is 17.8. The Bertz CT molecular complexity index is 582. The Morgan fingerprint density at radius 1 is 0.950 bits per heavy atom. The molecule has 2 aromatic carbocycles. The van der Waals surface area contributed by atoms with Gasteiger partial charge in [0.2, 0.25) is 0 Å². The van der Waals surface area contributed by atoms with Gasteiger partial charge in [-0.1, -0.05) is 69.3 Å². The van der Waals surface area contributed by atoms with Gasteiger partial charge in [0, 0.05) is 12.1 Å². The smallest absolute Gasteiger partial charge is 0.251 e. The van der Waals surface area contributed by atoms with E-state index in [9.17, 15) is 4.79 Å². The Balaban J connectivity index is 2.14. The third-order valence-corrected chi connectivity index (χ3v) is 3.28. The van der Waals surface area contributed by atoms with Crippen LogP contribution in [0.4, 0.5) is 0 Å². The Labute approximate surface area is 120 Å². The first-order valence-electron chi connectivity index (χ1n) is 6.90. The van der Waals surface area contributed by atoms with Crippen LogP contribution in [-0.4, -0.2) is 5.91 Å². The van der Waals surface area contributed by atoms with Crippen LogP contribution in [0.3, 0.4) is 0 Å². The first-order valence-corrected chi connectivity index (χ1v) is 6.90. The average molecular weight is 267 g/mol. The number of rotatable bonds is 3. The van der Waals surface area contributed by atoms with Gasteiger partial charge >= 0.3 is 0 Å². The van der Waals surface area contributed by atoms with Crippen molar-refractivity contribution >= 4 is 5.91 Å². The number of nitrogens with one attached hydrogen (secondary N) is 1. The zero-order valence-corrected chi connectivity index (χ0v) is 12.3. The maximum Gasteiger partial charge on any atom is 0.251 e. The minimum atomic E-state index is -0.0410. The largest absolute Gasteiger partial charge is 0.348 e. The summed E-state index contributed by atoms with van der Waals surface area (Å²) in [7, 11) is 0. The normalized spacial score (nSPS) is 11.2. The Morgan fingerprint density at radius 2 is 1.55 bits per heavy atom. The molecule has 2 heteroatoms. The molecule has 0 aliphatic heterocycles. The molecule has 0 saturated carbocycles. The molecule has 0 saturated heterocycles. The molecule has 0 aliphatic rings. The lowest BCUT2D eigenvalue weighted by Gasteiger charge is -2.22. The van der Waals surface area contributed by atoms with Gasteiger partial charge in [0.25, 0.3) is 5.91 Å². The molecule has 2 aromatic rings. The molecular formula is C18H21NO. The average Bonchev–Trinajstić information content (AvgIpc) is 2.45. The lowest BCUT2D eigenvalue weighted by Crippen LogP contribution is -2.26. The summed E-state index contributed by atoms with van der Waals surface area (Å²) in [4.78, 5) is 12.4. The van der Waals surface area contributed by atoms with Gasteiger partial charge in [-0.2, -0.15) is 0 Å². The van der Waals surface area contributed by atoms with Crippen LogP contribution < -0.4 is 5.32 Å². The van der Waals surface area contributed by atoms with Crippen LogP contribution in [0.25, 0.3) is 0 Å². The number of hydrogen-bond donors (Lipinski definition) is 1. The standard InChI is InChI=1S/C18H21NO/c1-18(2,3)16-12-8-7-11-15(16)17(20)19-13-14-9-5-4-6-10-14/h4-12H,13H2,1-3H3,(H,19,20). The van der Waals surface area contributed by atoms with E-state index in [4.69, 9.17) is 0 Å². The van der Waals surface area contributed by atoms with Gasteiger partial charge in [-0.05, 0) is 22.6 Å². The van der Waals surface area contributed by atoms with E-state index in [1.165, 1.54) is 0 Å². The van der Waals surface area contributed by atoms with Crippen molar-refractivity contribution in [2.75, 3.05) is 0 Å². The summed E-state index contributed by atoms with van der Waals surface area (Å²) in [5.41, 5.74) is 2.90. The maximum atomic E-state index is 12.4. The summed E-state index contributed by atoms with van der Waals surface area (Å²) in [6.45, 7) is 6.92. The van der Waals surface area contributed by atoms with E-state index in [1.54, 1.807) is 0 Å². The fraction of sp³-hybridized carbons (Fsp3) is 0.278. The van der Waals surface area contributed by atoms with Crippen LogP contribution in [0, 0.1) is 0 Å². The van der Waals surface area contributed by atoms with E-state index < -0.39 is 0 Å². The molecule has 2 rings (SSSR count). The minimum absolute atomic E-state index is 0.0145. The SMILES string of the molecule is CC(C)(C)c1ccccc1C(=O)NCc1ccccc1. The fourth-order valence-corrected chi connectivity index (χ4v) is 2.21. The highest BCUT2D eigenvalue weighted by atomic mass is 16.1. The van der Waals surface area contributed by atoms with Crippen molar-refractivity contribution < 1.29 is 4.79 Å². The van der Waals surface area contributed by atoms with Crippen molar-refractivity contribution in [1.29, 1.82) is 0 Å². The quantitative estimate of drug-likeness (QED) is 0.897. The Morgan fingerprint density at radius 3 is 2.20 bits per heavy atom. The van der Waals surface area contributed by atoms with Gasteiger partial charge in [-0.15, -0.1) is 0 Å². The Kier molecular flexibility index (Phi) is 4.23. The van der Waals surface area contributed by atoms with Crippen molar-refractivity contribution in [2.24, 2.45) is 0 Å². The molecule has 0 aromatic heterocycles. The molecular weight excluding hydrogens is 246 g/mol. The molecule has 20 heavy (non-hydrogen) atoms. The summed E-state index contributed by atoms with van der Waals surface area (Å²) in [5.74, 6) is -0.0145. The third-order valence-electron chi connectivity index (χ3n) is 3.28. The molecule has 0 aliphatic carbocycles. The highest BCUT2D eigenvalue weighted by molar-refractivity contribution is 5.96. The number of carbonyl (C=O) groups excluding carboxylic acids is 1. The molecule has 0 unspecified atom stereocenters. The minimum Gasteiger partial charge on any atom is -0.348 e. The molecule has 0 heterocycles. The molecule has 2 nitrogen and oxygen atoms in total. The second-order valence-electron chi connectivity index (χ2n) is 5.96. The topological polar surface area (TPSA) is 29.1 Å². The highest BCUT2D eigenvalue weighted by Gasteiger charge is 2.20. The summed E-state index contributed by atoms with van der Waals surface area (Å²) < 4.78 is 0. The van der Waals surface area contributed by atoms with E-state index in [2.05, 4.69) is 26.1 Å². The maximum absolute atomic E-state index is 12.4. The van der Waals surface area contributed by atoms with Gasteiger partial charge in [-0.25, -0.2) is 0 Å². The van der Waals surface area contributed by atoms with Crippen LogP contribution >= 0.6 is 0 Å². The summed E-state index contributed by atoms with van der Waals surface area (Å²) >= 11 is 0. The van der Waals surface area contributed by atoms with Crippen molar-refractivity contribution in [3.05, 3.63) is 71.3 Å². The monoisotopic (exact) mass is 267 g/mol. The van der Waals surface area contributed by atoms with Gasteiger partial charge in [0.1, 0.15) is 0 Å². The predicted molar refractivity (Wildman–Crippen MR) is 82.8 cm³/mol. The van der Waals surface area contributed by atoms with Crippen LogP contribution in [0.1, 0.15) is 42.3 Å². The molecule has 104 valence electrons. The number of hydrogen-bond acceptors (Lipinski definition) is 1. The molecule has 0 spiro atoms. The van der Waals surface area contributed by atoms with Crippen LogP contribution in [-0.2, 0) is 12.0 Å². The van der Waals surface area contributed by atoms with E-state index >= 15 is 0 Å². The van der Waals surface area contributed by atoms with Crippen molar-refractivity contribution in [2.45, 2.75) is 32.7 Å². The lowest BCUT2D eigenvalue weighted by molar-refractivity contribution is 0.0948. The highest BCUT2D eigenvalue weighted by Crippen LogP contribution is 2.25. The number of carbonyl (C=O) groups is 1. The van der Waals surface area contributed by atoms with Gasteiger partial charge in [-0.3, -0.25) is 4.79 Å². The van der Waals surface area contributed by atoms with Crippen LogP contribution in [0.15, 0.2) is 54.6 Å². The number of amides is 1. The fourth-order valence-electron chi connectivity index (χ4n) is 2.21. The van der Waals surface area contributed by atoms with Gasteiger partial charge < -0.3 is 5.32 Å². The first kappa shape index (κ1) is 14.3. The Hall–Kier alpha value is -2.09. The van der Waals surface area contributed by atoms with E-state index in [1.807, 2.05) is 54.6 Å². The van der Waals surface area contributed by atoms with Crippen molar-refractivity contribution in [3.8, 4) is 0 Å². The zero-order valence-electron chi connectivity index (χ0n) is 12.3. The van der Waals surface area contributed by atoms with E-state index in [0.717, 1.165) is 16.7 Å². The second-order valence-corrected chi connectivity index (χ2v) is 5.96. The van der Waals surface area contributed by atoms with Gasteiger partial charge in [0.05, 0.1) is 0 Å². The molecule has 1 N–H and O–H groups in total. The van der Waals surface area contributed by atoms with Crippen molar-refractivity contribution in [3.63, 3.8) is 0 Å². The predicted octanol–water partition coefficient (Wildman–Crippen LogP) is 3.91. The molecule has 0 radical (unpaired) electrons. The van der Waals surface area contributed by atoms with Crippen LogP contribution in [0.2, 0.25) is 0 Å². The zero-order chi connectivity index (χ0) is 14.6. The molecule has 0 bridgehead atoms. The summed E-state index contributed by atoms with van der Waals surface area (Å²) in [5, 5.41) is 2.99. The molecule has 0 atom stereocenters. The number of benzene rings is 2. The summed E-state index contributed by atoms with van der Waals surface area (Å²) in [6.07, 6.45) is 0. The second kappa shape index (κ2) is 5.91. The van der Waals surface area contributed by atoms with E-state index in [-0.39, 0.29) is 11.3 Å². The van der Waals surface area contributed by atoms with Gasteiger partial charge in [0.15, 0.2) is 0 Å². The third kappa shape index (κ3) is 3.47. The van der Waals surface area contributed by atoms with Crippen LogP contribution in [0.5, 0.6) is 0 Å². The van der Waals surface area contributed by atoms with E-state index in [0.29, 0.717) is 6.54 Å². The van der Waals surface area contributed by atoms with Crippen molar-refractivity contribution in [1.82, 2.24) is 5.32 Å². The lowest BCUT2D eigenvalue weighted by atomic mass is 9.83. The molecule has 0 fully saturated rings.